The summed E-state index contributed by atoms with van der Waals surface area (Å²) in [5.74, 6) is -0.359. The predicted molar refractivity (Wildman–Crippen MR) is 150 cm³/mol. The molecule has 40 heavy (non-hydrogen) atoms. The number of aromatic nitrogens is 2. The molecule has 3 aromatic rings. The molecule has 5 rings (SSSR count). The number of alkyl halides is 3. The van der Waals surface area contributed by atoms with Gasteiger partial charge in [0, 0.05) is 23.2 Å². The Kier molecular flexibility index (Phi) is 8.25. The molecule has 0 bridgehead atoms. The van der Waals surface area contributed by atoms with Crippen LogP contribution in [0.4, 0.5) is 13.2 Å². The van der Waals surface area contributed by atoms with E-state index in [4.69, 9.17) is 16.6 Å². The second-order valence-corrected chi connectivity index (χ2v) is 11.9. The third-order valence-corrected chi connectivity index (χ3v) is 8.32. The van der Waals surface area contributed by atoms with Crippen molar-refractivity contribution in [3.8, 4) is 11.4 Å². The van der Waals surface area contributed by atoms with Crippen LogP contribution < -0.4 is 10.9 Å². The van der Waals surface area contributed by atoms with Crippen molar-refractivity contribution < 1.29 is 18.0 Å². The zero-order valence-corrected chi connectivity index (χ0v) is 23.4. The van der Waals surface area contributed by atoms with Crippen LogP contribution in [0.15, 0.2) is 47.3 Å². The van der Waals surface area contributed by atoms with Crippen LogP contribution in [-0.4, -0.2) is 52.2 Å². The molecule has 2 aliphatic rings. The number of amides is 1. The Bertz CT molecular complexity index is 1440. The molecule has 1 saturated carbocycles. The fourth-order valence-electron chi connectivity index (χ4n) is 5.96. The normalized spacial score (nSPS) is 20.6. The van der Waals surface area contributed by atoms with Gasteiger partial charge in [-0.3, -0.25) is 14.2 Å². The maximum absolute atomic E-state index is 13.8. The van der Waals surface area contributed by atoms with Gasteiger partial charge in [-0.2, -0.15) is 13.2 Å². The molecular weight excluding hydrogens is 541 g/mol. The first-order valence-corrected chi connectivity index (χ1v) is 14.2. The minimum Gasteiger partial charge on any atom is -0.352 e. The van der Waals surface area contributed by atoms with Gasteiger partial charge in [0.2, 0.25) is 5.91 Å². The maximum Gasteiger partial charge on any atom is 0.391 e. The number of rotatable bonds is 7. The number of halogens is 4. The fourth-order valence-corrected chi connectivity index (χ4v) is 6.15. The number of hydrogen-bond acceptors (Lipinski definition) is 4. The number of nitrogens with zero attached hydrogens (tertiary/aromatic N) is 3. The molecule has 2 aromatic carbocycles. The molecule has 2 fully saturated rings. The van der Waals surface area contributed by atoms with Gasteiger partial charge in [-0.1, -0.05) is 29.8 Å². The largest absolute Gasteiger partial charge is 0.391 e. The summed E-state index contributed by atoms with van der Waals surface area (Å²) in [6, 6.07) is 12.7. The SMILES string of the molecule is CC(C)NC(=O)Cn1c(-c2cccc(Cl)c2)nc2ccc([C@H]3C[C@@H](CN4CCC(C(F)(F)F)CC4)C3)cc2c1=O. The van der Waals surface area contributed by atoms with E-state index in [9.17, 15) is 22.8 Å². The number of carbonyl (C=O) groups excluding carboxylic acids is 1. The second-order valence-electron chi connectivity index (χ2n) is 11.5. The molecule has 1 aliphatic carbocycles. The van der Waals surface area contributed by atoms with Crippen molar-refractivity contribution in [2.24, 2.45) is 11.8 Å². The Morgan fingerprint density at radius 1 is 1.12 bits per heavy atom. The number of likely N-dealkylation sites (tertiary alicyclic amines) is 1. The van der Waals surface area contributed by atoms with Crippen LogP contribution in [0.25, 0.3) is 22.3 Å². The van der Waals surface area contributed by atoms with Gasteiger partial charge in [-0.25, -0.2) is 4.98 Å². The van der Waals surface area contributed by atoms with E-state index in [1.54, 1.807) is 18.2 Å². The molecular formula is C30H34ClF3N4O2. The molecule has 0 radical (unpaired) electrons. The molecule has 0 atom stereocenters. The standard InChI is InChI=1S/C30H34ClF3N4O2/c1-18(2)35-27(39)17-38-28(21-4-3-5-24(31)14-21)36-26-7-6-20(15-25(26)29(38)40)22-12-19(13-22)16-37-10-8-23(9-11-37)30(32,33)34/h3-7,14-15,18-19,22-23H,8-13,16-17H2,1-2H3,(H,35,39)/t19-,22+. The Labute approximate surface area is 236 Å². The van der Waals surface area contributed by atoms with Gasteiger partial charge in [0.05, 0.1) is 16.8 Å². The highest BCUT2D eigenvalue weighted by atomic mass is 35.5. The number of hydrogen-bond donors (Lipinski definition) is 1. The molecule has 6 nitrogen and oxygen atoms in total. The Morgan fingerprint density at radius 3 is 2.50 bits per heavy atom. The summed E-state index contributed by atoms with van der Waals surface area (Å²) in [6.07, 6.45) is -1.87. The molecule has 1 aromatic heterocycles. The molecule has 10 heteroatoms. The summed E-state index contributed by atoms with van der Waals surface area (Å²) in [4.78, 5) is 33.4. The van der Waals surface area contributed by atoms with E-state index in [0.29, 0.717) is 46.3 Å². The lowest BCUT2D eigenvalue weighted by molar-refractivity contribution is -0.185. The lowest BCUT2D eigenvalue weighted by Crippen LogP contribution is -2.43. The van der Waals surface area contributed by atoms with Crippen molar-refractivity contribution in [3.05, 3.63) is 63.4 Å². The highest BCUT2D eigenvalue weighted by Crippen LogP contribution is 2.43. The number of carbonyl (C=O) groups is 1. The summed E-state index contributed by atoms with van der Waals surface area (Å²) in [6.45, 7) is 5.36. The molecule has 1 amide bonds. The van der Waals surface area contributed by atoms with Crippen molar-refractivity contribution in [1.82, 2.24) is 19.8 Å². The van der Waals surface area contributed by atoms with Gasteiger partial charge in [0.15, 0.2) is 0 Å². The summed E-state index contributed by atoms with van der Waals surface area (Å²) in [5, 5.41) is 3.80. The highest BCUT2D eigenvalue weighted by Gasteiger charge is 2.41. The minimum atomic E-state index is -4.09. The van der Waals surface area contributed by atoms with Crippen LogP contribution in [0.5, 0.6) is 0 Å². The predicted octanol–water partition coefficient (Wildman–Crippen LogP) is 6.01. The van der Waals surface area contributed by atoms with E-state index < -0.39 is 12.1 Å². The van der Waals surface area contributed by atoms with E-state index in [-0.39, 0.29) is 42.8 Å². The van der Waals surface area contributed by atoms with Crippen LogP contribution in [0.2, 0.25) is 5.02 Å². The molecule has 214 valence electrons. The van der Waals surface area contributed by atoms with E-state index in [2.05, 4.69) is 10.2 Å². The smallest absolute Gasteiger partial charge is 0.352 e. The summed E-state index contributed by atoms with van der Waals surface area (Å²) in [7, 11) is 0. The number of fused-ring (bicyclic) bond motifs is 1. The lowest BCUT2D eigenvalue weighted by Gasteiger charge is -2.41. The molecule has 1 N–H and O–H groups in total. The van der Waals surface area contributed by atoms with Crippen LogP contribution in [-0.2, 0) is 11.3 Å². The maximum atomic E-state index is 13.8. The third-order valence-electron chi connectivity index (χ3n) is 8.09. The third kappa shape index (κ3) is 6.36. The monoisotopic (exact) mass is 574 g/mol. The zero-order chi connectivity index (χ0) is 28.6. The second kappa shape index (κ2) is 11.5. The van der Waals surface area contributed by atoms with Gasteiger partial charge < -0.3 is 10.2 Å². The quantitative estimate of drug-likeness (QED) is 0.375. The van der Waals surface area contributed by atoms with E-state index in [0.717, 1.165) is 24.9 Å². The van der Waals surface area contributed by atoms with Gasteiger partial charge in [0.25, 0.3) is 5.56 Å². The van der Waals surface area contributed by atoms with Crippen molar-refractivity contribution in [3.63, 3.8) is 0 Å². The Hall–Kier alpha value is -2.91. The first kappa shape index (κ1) is 28.6. The van der Waals surface area contributed by atoms with Gasteiger partial charge in [-0.15, -0.1) is 0 Å². The zero-order valence-electron chi connectivity index (χ0n) is 22.7. The topological polar surface area (TPSA) is 67.2 Å². The molecule has 1 saturated heterocycles. The number of benzene rings is 2. The average Bonchev–Trinajstić information content (AvgIpc) is 2.86. The highest BCUT2D eigenvalue weighted by molar-refractivity contribution is 6.30. The van der Waals surface area contributed by atoms with Crippen LogP contribution >= 0.6 is 11.6 Å². The van der Waals surface area contributed by atoms with Crippen molar-refractivity contribution in [1.29, 1.82) is 0 Å². The molecule has 2 heterocycles. The molecule has 0 unspecified atom stereocenters. The number of nitrogens with one attached hydrogen (secondary N) is 1. The van der Waals surface area contributed by atoms with E-state index in [1.807, 2.05) is 38.1 Å². The molecule has 0 spiro atoms. The van der Waals surface area contributed by atoms with Crippen molar-refractivity contribution in [2.75, 3.05) is 19.6 Å². The average molecular weight is 575 g/mol. The first-order valence-electron chi connectivity index (χ1n) is 13.9. The van der Waals surface area contributed by atoms with Crippen LogP contribution in [0.1, 0.15) is 51.0 Å². The Morgan fingerprint density at radius 2 is 1.85 bits per heavy atom. The van der Waals surface area contributed by atoms with Crippen LogP contribution in [0.3, 0.4) is 0 Å². The first-order chi connectivity index (χ1) is 19.0. The minimum absolute atomic E-state index is 0.0691. The Balaban J connectivity index is 1.34. The van der Waals surface area contributed by atoms with Crippen molar-refractivity contribution >= 4 is 28.4 Å². The summed E-state index contributed by atoms with van der Waals surface area (Å²) < 4.78 is 40.3. The number of piperidine rings is 1. The van der Waals surface area contributed by atoms with Gasteiger partial charge in [0.1, 0.15) is 12.4 Å². The van der Waals surface area contributed by atoms with Gasteiger partial charge >= 0.3 is 6.18 Å². The van der Waals surface area contributed by atoms with Crippen molar-refractivity contribution in [2.45, 2.75) is 64.2 Å². The lowest BCUT2D eigenvalue weighted by atomic mass is 9.71. The van der Waals surface area contributed by atoms with Gasteiger partial charge in [-0.05, 0) is 94.3 Å². The fraction of sp³-hybridized carbons (Fsp3) is 0.500. The molecule has 1 aliphatic heterocycles. The van der Waals surface area contributed by atoms with E-state index in [1.165, 1.54) is 4.57 Å². The summed E-state index contributed by atoms with van der Waals surface area (Å²) in [5.41, 5.74) is 1.96. The summed E-state index contributed by atoms with van der Waals surface area (Å²) >= 11 is 6.21. The van der Waals surface area contributed by atoms with Crippen LogP contribution in [0, 0.1) is 11.8 Å². The van der Waals surface area contributed by atoms with E-state index >= 15 is 0 Å².